The number of benzene rings is 4. The van der Waals surface area contributed by atoms with Crippen molar-refractivity contribution in [3.63, 3.8) is 0 Å². The molecule has 3 N–H and O–H groups in total. The molecule has 6 rings (SSSR count). The van der Waals surface area contributed by atoms with E-state index in [0.29, 0.717) is 36.4 Å². The van der Waals surface area contributed by atoms with Crippen molar-refractivity contribution in [3.8, 4) is 28.4 Å². The van der Waals surface area contributed by atoms with Gasteiger partial charge in [0.1, 0.15) is 18.1 Å². The van der Waals surface area contributed by atoms with Crippen molar-refractivity contribution in [1.29, 1.82) is 0 Å². The van der Waals surface area contributed by atoms with Gasteiger partial charge in [0.2, 0.25) is 0 Å². The first-order valence-corrected chi connectivity index (χ1v) is 13.5. The number of carboxylic acids is 1. The molecule has 0 aromatic heterocycles. The number of unbranched alkanes of at least 4 members (excludes halogenated alkanes) is 1. The molecular formula is C33H29NO6. The van der Waals surface area contributed by atoms with E-state index in [1.807, 2.05) is 36.4 Å². The Kier molecular flexibility index (Phi) is 6.86. The molecule has 1 aliphatic heterocycles. The first-order valence-electron chi connectivity index (χ1n) is 13.5. The summed E-state index contributed by atoms with van der Waals surface area (Å²) in [7, 11) is 0. The molecule has 0 spiro atoms. The minimum atomic E-state index is -0.819. The Morgan fingerprint density at radius 2 is 1.50 bits per heavy atom. The summed E-state index contributed by atoms with van der Waals surface area (Å²) >= 11 is 0. The maximum Gasteiger partial charge on any atom is 0.411 e. The molecular weight excluding hydrogens is 506 g/mol. The molecule has 202 valence electrons. The van der Waals surface area contributed by atoms with Crippen LogP contribution >= 0.6 is 0 Å². The van der Waals surface area contributed by atoms with E-state index in [-0.39, 0.29) is 30.6 Å². The number of phenolic OH excluding ortho intramolecular Hbond substituents is 1. The van der Waals surface area contributed by atoms with Gasteiger partial charge in [0.15, 0.2) is 5.75 Å². The SMILES string of the molecule is O=C(O)CCCCC1c2cc(O)ccc2Oc2c(NC(=O)OCC3c4ccccc4-c4ccccc43)cccc21. The second-order valence-electron chi connectivity index (χ2n) is 10.2. The molecule has 1 aliphatic carbocycles. The quantitative estimate of drug-likeness (QED) is 0.200. The van der Waals surface area contributed by atoms with Gasteiger partial charge < -0.3 is 19.7 Å². The molecule has 1 amide bonds. The van der Waals surface area contributed by atoms with Gasteiger partial charge in [-0.25, -0.2) is 4.79 Å². The van der Waals surface area contributed by atoms with Gasteiger partial charge in [-0.2, -0.15) is 0 Å². The fourth-order valence-corrected chi connectivity index (χ4v) is 5.90. The number of hydrogen-bond donors (Lipinski definition) is 3. The monoisotopic (exact) mass is 535 g/mol. The average Bonchev–Trinajstić information content (AvgIpc) is 3.27. The average molecular weight is 536 g/mol. The molecule has 1 atom stereocenters. The largest absolute Gasteiger partial charge is 0.508 e. The number of para-hydroxylation sites is 1. The standard InChI is InChI=1S/C33H29NO6/c35-20-16-17-30-27(18-20)25(12-5-6-15-31(36)37)26-13-7-14-29(32(26)40-30)34-33(38)39-19-28-23-10-3-1-8-21(23)22-9-2-4-11-24(22)28/h1-4,7-11,13-14,16-18,25,28,35H,5-6,12,15,19H2,(H,34,38)(H,36,37). The molecule has 0 saturated carbocycles. The predicted molar refractivity (Wildman–Crippen MR) is 151 cm³/mol. The van der Waals surface area contributed by atoms with Crippen molar-refractivity contribution >= 4 is 17.7 Å². The first-order chi connectivity index (χ1) is 19.5. The van der Waals surface area contributed by atoms with Gasteiger partial charge in [0.25, 0.3) is 0 Å². The van der Waals surface area contributed by atoms with Crippen molar-refractivity contribution in [2.75, 3.05) is 11.9 Å². The summed E-state index contributed by atoms with van der Waals surface area (Å²) in [4.78, 5) is 24.0. The predicted octanol–water partition coefficient (Wildman–Crippen LogP) is 7.64. The molecule has 4 aromatic carbocycles. The van der Waals surface area contributed by atoms with E-state index in [1.54, 1.807) is 24.3 Å². The number of nitrogens with one attached hydrogen (secondary N) is 1. The lowest BCUT2D eigenvalue weighted by Gasteiger charge is -2.30. The van der Waals surface area contributed by atoms with Crippen LogP contribution in [0.3, 0.4) is 0 Å². The van der Waals surface area contributed by atoms with E-state index < -0.39 is 12.1 Å². The number of amides is 1. The number of phenols is 1. The molecule has 1 heterocycles. The third-order valence-corrected chi connectivity index (χ3v) is 7.72. The Morgan fingerprint density at radius 1 is 0.800 bits per heavy atom. The summed E-state index contributed by atoms with van der Waals surface area (Å²) in [6.45, 7) is 0.198. The van der Waals surface area contributed by atoms with Crippen molar-refractivity contribution in [2.24, 2.45) is 0 Å². The summed E-state index contributed by atoms with van der Waals surface area (Å²) in [5.74, 6) is 0.264. The lowest BCUT2D eigenvalue weighted by Crippen LogP contribution is -2.19. The van der Waals surface area contributed by atoms with Crippen LogP contribution in [0.1, 0.15) is 59.8 Å². The summed E-state index contributed by atoms with van der Waals surface area (Å²) in [6.07, 6.45) is 1.44. The zero-order valence-corrected chi connectivity index (χ0v) is 21.8. The summed E-state index contributed by atoms with van der Waals surface area (Å²) in [6, 6.07) is 26.9. The highest BCUT2D eigenvalue weighted by atomic mass is 16.5. The van der Waals surface area contributed by atoms with E-state index in [1.165, 1.54) is 0 Å². The number of carboxylic acid groups (broad SMARTS) is 1. The molecule has 2 aliphatic rings. The molecule has 0 fully saturated rings. The number of aromatic hydroxyl groups is 1. The highest BCUT2D eigenvalue weighted by Gasteiger charge is 2.31. The minimum Gasteiger partial charge on any atom is -0.508 e. The number of carbonyl (C=O) groups excluding carboxylic acids is 1. The Balaban J connectivity index is 1.21. The van der Waals surface area contributed by atoms with Gasteiger partial charge in [-0.05, 0) is 59.4 Å². The Morgan fingerprint density at radius 3 is 2.23 bits per heavy atom. The third kappa shape index (κ3) is 4.86. The smallest absolute Gasteiger partial charge is 0.411 e. The van der Waals surface area contributed by atoms with Crippen LogP contribution < -0.4 is 10.1 Å². The molecule has 0 bridgehead atoms. The van der Waals surface area contributed by atoms with Gasteiger partial charge in [-0.15, -0.1) is 0 Å². The number of rotatable bonds is 8. The Labute approximate surface area is 232 Å². The van der Waals surface area contributed by atoms with Gasteiger partial charge in [-0.1, -0.05) is 67.1 Å². The van der Waals surface area contributed by atoms with E-state index in [4.69, 9.17) is 14.6 Å². The van der Waals surface area contributed by atoms with E-state index >= 15 is 0 Å². The van der Waals surface area contributed by atoms with Crippen LogP contribution in [-0.4, -0.2) is 28.9 Å². The topological polar surface area (TPSA) is 105 Å². The molecule has 7 heteroatoms. The second-order valence-corrected chi connectivity index (χ2v) is 10.2. The molecule has 4 aromatic rings. The fourth-order valence-electron chi connectivity index (χ4n) is 5.90. The molecule has 40 heavy (non-hydrogen) atoms. The maximum absolute atomic E-state index is 13.0. The molecule has 0 radical (unpaired) electrons. The second kappa shape index (κ2) is 10.8. The zero-order chi connectivity index (χ0) is 27.6. The van der Waals surface area contributed by atoms with Gasteiger partial charge in [0, 0.05) is 29.4 Å². The molecule has 0 saturated heterocycles. The lowest BCUT2D eigenvalue weighted by atomic mass is 9.83. The Hall–Kier alpha value is -4.78. The van der Waals surface area contributed by atoms with Crippen molar-refractivity contribution in [2.45, 2.75) is 37.5 Å². The summed E-state index contributed by atoms with van der Waals surface area (Å²) in [5.41, 5.74) is 6.80. The van der Waals surface area contributed by atoms with Crippen LogP contribution in [0.15, 0.2) is 84.9 Å². The number of fused-ring (bicyclic) bond motifs is 5. The van der Waals surface area contributed by atoms with Crippen LogP contribution in [0.2, 0.25) is 0 Å². The molecule has 1 unspecified atom stereocenters. The van der Waals surface area contributed by atoms with E-state index in [2.05, 4.69) is 29.6 Å². The van der Waals surface area contributed by atoms with Crippen LogP contribution in [-0.2, 0) is 9.53 Å². The number of carbonyl (C=O) groups is 2. The highest BCUT2D eigenvalue weighted by Crippen LogP contribution is 2.50. The summed E-state index contributed by atoms with van der Waals surface area (Å²) < 4.78 is 12.0. The van der Waals surface area contributed by atoms with Gasteiger partial charge in [0.05, 0.1) is 5.69 Å². The first kappa shape index (κ1) is 25.5. The van der Waals surface area contributed by atoms with Crippen molar-refractivity contribution in [3.05, 3.63) is 107 Å². The number of hydrogen-bond acceptors (Lipinski definition) is 5. The van der Waals surface area contributed by atoms with Gasteiger partial charge in [-0.3, -0.25) is 10.1 Å². The minimum absolute atomic E-state index is 0.0474. The normalized spacial score (nSPS) is 14.8. The zero-order valence-electron chi connectivity index (χ0n) is 21.8. The maximum atomic E-state index is 13.0. The van der Waals surface area contributed by atoms with E-state index in [9.17, 15) is 14.7 Å². The third-order valence-electron chi connectivity index (χ3n) is 7.72. The van der Waals surface area contributed by atoms with E-state index in [0.717, 1.165) is 33.4 Å². The van der Waals surface area contributed by atoms with Crippen molar-refractivity contribution < 1.29 is 29.3 Å². The van der Waals surface area contributed by atoms with Crippen LogP contribution in [0.25, 0.3) is 11.1 Å². The highest BCUT2D eigenvalue weighted by molar-refractivity contribution is 5.88. The fraction of sp³-hybridized carbons (Fsp3) is 0.212. The Bertz CT molecular complexity index is 1550. The summed E-state index contributed by atoms with van der Waals surface area (Å²) in [5, 5.41) is 22.0. The lowest BCUT2D eigenvalue weighted by molar-refractivity contribution is -0.137. The van der Waals surface area contributed by atoms with Crippen molar-refractivity contribution in [1.82, 2.24) is 0 Å². The number of ether oxygens (including phenoxy) is 2. The number of anilines is 1. The number of aliphatic carboxylic acids is 1. The van der Waals surface area contributed by atoms with Gasteiger partial charge >= 0.3 is 12.1 Å². The van der Waals surface area contributed by atoms with Crippen LogP contribution in [0.5, 0.6) is 17.2 Å². The van der Waals surface area contributed by atoms with Crippen LogP contribution in [0.4, 0.5) is 10.5 Å². The van der Waals surface area contributed by atoms with Crippen LogP contribution in [0, 0.1) is 0 Å². The molecule has 7 nitrogen and oxygen atoms in total.